The monoisotopic (exact) mass is 494 g/mol. The number of rotatable bonds is 6. The van der Waals surface area contributed by atoms with Crippen molar-refractivity contribution in [3.05, 3.63) is 69.4 Å². The highest BCUT2D eigenvalue weighted by molar-refractivity contribution is 5.85. The minimum atomic E-state index is -0.230. The highest BCUT2D eigenvalue weighted by Crippen LogP contribution is 2.28. The number of fused-ring (bicyclic) bond motifs is 1. The van der Waals surface area contributed by atoms with Crippen LogP contribution in [0.4, 0.5) is 5.69 Å². The van der Waals surface area contributed by atoms with Crippen molar-refractivity contribution in [3.8, 4) is 5.75 Å². The van der Waals surface area contributed by atoms with E-state index in [1.807, 2.05) is 50.2 Å². The minimum absolute atomic E-state index is 0. The van der Waals surface area contributed by atoms with Crippen molar-refractivity contribution >= 4 is 41.4 Å². The van der Waals surface area contributed by atoms with Crippen LogP contribution in [0.25, 0.3) is 10.9 Å². The van der Waals surface area contributed by atoms with Crippen molar-refractivity contribution in [3.63, 3.8) is 0 Å². The molecule has 0 unspecified atom stereocenters. The second-order valence-corrected chi connectivity index (χ2v) is 8.22. The number of halogens is 2. The molecule has 4 rings (SSSR count). The molecular weight excluding hydrogens is 463 g/mol. The maximum Gasteiger partial charge on any atom is 0.331 e. The van der Waals surface area contributed by atoms with E-state index in [4.69, 9.17) is 4.74 Å². The third-order valence-corrected chi connectivity index (χ3v) is 6.03. The summed E-state index contributed by atoms with van der Waals surface area (Å²) >= 11 is 0. The van der Waals surface area contributed by atoms with Crippen LogP contribution >= 0.6 is 24.8 Å². The van der Waals surface area contributed by atoms with Gasteiger partial charge in [0.1, 0.15) is 5.75 Å². The average molecular weight is 495 g/mol. The van der Waals surface area contributed by atoms with E-state index in [2.05, 4.69) is 15.9 Å². The predicted molar refractivity (Wildman–Crippen MR) is 139 cm³/mol. The van der Waals surface area contributed by atoms with Crippen molar-refractivity contribution in [2.45, 2.75) is 26.4 Å². The maximum absolute atomic E-state index is 13.1. The van der Waals surface area contributed by atoms with Crippen LogP contribution in [0.1, 0.15) is 19.9 Å². The number of methoxy groups -OCH3 is 1. The maximum atomic E-state index is 13.1. The van der Waals surface area contributed by atoms with Gasteiger partial charge in [0.05, 0.1) is 23.7 Å². The van der Waals surface area contributed by atoms with Crippen LogP contribution in [-0.4, -0.2) is 53.9 Å². The number of anilines is 1. The number of para-hydroxylation sites is 3. The molecule has 0 spiro atoms. The molecule has 9 heteroatoms. The molecule has 0 saturated carbocycles. The fourth-order valence-corrected chi connectivity index (χ4v) is 4.37. The molecular formula is C24H32Cl2N4O3. The second kappa shape index (κ2) is 11.6. The highest BCUT2D eigenvalue weighted by atomic mass is 35.5. The molecule has 1 aliphatic heterocycles. The van der Waals surface area contributed by atoms with Gasteiger partial charge in [-0.2, -0.15) is 0 Å². The molecule has 1 saturated heterocycles. The Hall–Kier alpha value is -2.48. The Balaban J connectivity index is 0.00000193. The van der Waals surface area contributed by atoms with E-state index in [0.717, 1.165) is 37.6 Å². The standard InChI is InChI=1S/C24H30N4O3.2ClH/c1-18(2)28-20-9-5-4-8-19(20)23(29)27(24(28)30)17-14-25-12-15-26(16-13-25)21-10-6-7-11-22(21)31-3;;/h4-11,18H,12-17H2,1-3H3;2*1H. The summed E-state index contributed by atoms with van der Waals surface area (Å²) in [6, 6.07) is 15.4. The number of hydrogen-bond donors (Lipinski definition) is 0. The lowest BCUT2D eigenvalue weighted by Gasteiger charge is -2.36. The molecule has 1 aliphatic rings. The van der Waals surface area contributed by atoms with E-state index in [1.165, 1.54) is 4.57 Å². The zero-order valence-corrected chi connectivity index (χ0v) is 20.9. The van der Waals surface area contributed by atoms with Gasteiger partial charge < -0.3 is 9.64 Å². The first kappa shape index (κ1) is 26.8. The molecule has 1 aromatic heterocycles. The van der Waals surface area contributed by atoms with Crippen molar-refractivity contribution in [1.82, 2.24) is 14.0 Å². The molecule has 3 aromatic rings. The van der Waals surface area contributed by atoms with Crippen LogP contribution in [-0.2, 0) is 6.54 Å². The fraction of sp³-hybridized carbons (Fsp3) is 0.417. The number of hydrogen-bond acceptors (Lipinski definition) is 5. The van der Waals surface area contributed by atoms with Crippen LogP contribution < -0.4 is 20.9 Å². The van der Waals surface area contributed by atoms with Crippen molar-refractivity contribution in [2.24, 2.45) is 0 Å². The Bertz CT molecular complexity index is 1180. The summed E-state index contributed by atoms with van der Waals surface area (Å²) < 4.78 is 8.61. The van der Waals surface area contributed by atoms with Crippen molar-refractivity contribution in [2.75, 3.05) is 44.7 Å². The van der Waals surface area contributed by atoms with E-state index in [-0.39, 0.29) is 42.1 Å². The van der Waals surface area contributed by atoms with Gasteiger partial charge in [-0.15, -0.1) is 24.8 Å². The lowest BCUT2D eigenvalue weighted by atomic mass is 10.2. The zero-order valence-electron chi connectivity index (χ0n) is 19.3. The van der Waals surface area contributed by atoms with Crippen LogP contribution in [0.2, 0.25) is 0 Å². The molecule has 1 fully saturated rings. The molecule has 0 aliphatic carbocycles. The van der Waals surface area contributed by atoms with E-state index in [1.54, 1.807) is 17.7 Å². The van der Waals surface area contributed by atoms with Crippen LogP contribution in [0, 0.1) is 0 Å². The Kier molecular flexibility index (Phi) is 9.40. The van der Waals surface area contributed by atoms with Gasteiger partial charge in [-0.25, -0.2) is 4.79 Å². The third-order valence-electron chi connectivity index (χ3n) is 6.03. The number of piperazine rings is 1. The van der Waals surface area contributed by atoms with Crippen LogP contribution in [0.15, 0.2) is 58.1 Å². The molecule has 7 nitrogen and oxygen atoms in total. The fourth-order valence-electron chi connectivity index (χ4n) is 4.37. The smallest absolute Gasteiger partial charge is 0.331 e. The number of nitrogens with zero attached hydrogens (tertiary/aromatic N) is 4. The van der Waals surface area contributed by atoms with Gasteiger partial charge in [-0.05, 0) is 38.1 Å². The lowest BCUT2D eigenvalue weighted by Crippen LogP contribution is -2.49. The largest absolute Gasteiger partial charge is 0.495 e. The summed E-state index contributed by atoms with van der Waals surface area (Å²) in [6.07, 6.45) is 0. The van der Waals surface area contributed by atoms with Crippen LogP contribution in [0.3, 0.4) is 0 Å². The zero-order chi connectivity index (χ0) is 22.0. The number of ether oxygens (including phenoxy) is 1. The van der Waals surface area contributed by atoms with Gasteiger partial charge in [0, 0.05) is 45.3 Å². The predicted octanol–water partition coefficient (Wildman–Crippen LogP) is 3.42. The summed E-state index contributed by atoms with van der Waals surface area (Å²) in [4.78, 5) is 30.8. The summed E-state index contributed by atoms with van der Waals surface area (Å²) in [5.41, 5.74) is 1.38. The van der Waals surface area contributed by atoms with Crippen LogP contribution in [0.5, 0.6) is 5.75 Å². The number of benzene rings is 2. The first-order valence-electron chi connectivity index (χ1n) is 10.9. The van der Waals surface area contributed by atoms with Gasteiger partial charge in [0.2, 0.25) is 0 Å². The van der Waals surface area contributed by atoms with Crippen molar-refractivity contribution < 1.29 is 4.74 Å². The van der Waals surface area contributed by atoms with E-state index in [9.17, 15) is 9.59 Å². The molecule has 0 N–H and O–H groups in total. The minimum Gasteiger partial charge on any atom is -0.495 e. The summed E-state index contributed by atoms with van der Waals surface area (Å²) in [6.45, 7) is 8.51. The Morgan fingerprint density at radius 3 is 2.18 bits per heavy atom. The second-order valence-electron chi connectivity index (χ2n) is 8.22. The molecule has 33 heavy (non-hydrogen) atoms. The molecule has 0 radical (unpaired) electrons. The normalized spacial score (nSPS) is 14.1. The van der Waals surface area contributed by atoms with Gasteiger partial charge in [-0.1, -0.05) is 24.3 Å². The Morgan fingerprint density at radius 1 is 0.879 bits per heavy atom. The van der Waals surface area contributed by atoms with E-state index < -0.39 is 0 Å². The molecule has 2 heterocycles. The average Bonchev–Trinajstić information content (AvgIpc) is 2.79. The Morgan fingerprint density at radius 2 is 1.52 bits per heavy atom. The topological polar surface area (TPSA) is 59.7 Å². The van der Waals surface area contributed by atoms with E-state index in [0.29, 0.717) is 24.0 Å². The molecule has 2 aromatic carbocycles. The molecule has 0 atom stereocenters. The van der Waals surface area contributed by atoms with Gasteiger partial charge >= 0.3 is 5.69 Å². The van der Waals surface area contributed by atoms with Gasteiger partial charge in [0.25, 0.3) is 5.56 Å². The first-order valence-corrected chi connectivity index (χ1v) is 10.9. The molecule has 0 bridgehead atoms. The summed E-state index contributed by atoms with van der Waals surface area (Å²) in [7, 11) is 1.69. The molecule has 180 valence electrons. The lowest BCUT2D eigenvalue weighted by molar-refractivity contribution is 0.244. The summed E-state index contributed by atoms with van der Waals surface area (Å²) in [5, 5.41) is 0.594. The Labute approximate surface area is 206 Å². The highest BCUT2D eigenvalue weighted by Gasteiger charge is 2.20. The third kappa shape index (κ3) is 5.37. The quantitative estimate of drug-likeness (QED) is 0.525. The van der Waals surface area contributed by atoms with Crippen molar-refractivity contribution in [1.29, 1.82) is 0 Å². The van der Waals surface area contributed by atoms with E-state index >= 15 is 0 Å². The van der Waals surface area contributed by atoms with Gasteiger partial charge in [0.15, 0.2) is 0 Å². The first-order chi connectivity index (χ1) is 15.0. The number of aromatic nitrogens is 2. The SMILES string of the molecule is COc1ccccc1N1CCN(CCn2c(=O)c3ccccc3n(C(C)C)c2=O)CC1.Cl.Cl. The summed E-state index contributed by atoms with van der Waals surface area (Å²) in [5.74, 6) is 0.882. The molecule has 0 amide bonds. The van der Waals surface area contributed by atoms with Gasteiger partial charge in [-0.3, -0.25) is 18.8 Å².